The summed E-state index contributed by atoms with van der Waals surface area (Å²) in [6, 6.07) is 10.7. The van der Waals surface area contributed by atoms with Gasteiger partial charge >= 0.3 is 5.97 Å². The van der Waals surface area contributed by atoms with E-state index >= 15 is 0 Å². The minimum Gasteiger partial charge on any atom is -0.462 e. The Hall–Kier alpha value is -1.61. The molecule has 0 radical (unpaired) electrons. The lowest BCUT2D eigenvalue weighted by Crippen LogP contribution is -2.45. The summed E-state index contributed by atoms with van der Waals surface area (Å²) >= 11 is 0. The summed E-state index contributed by atoms with van der Waals surface area (Å²) in [5.74, 6) is 0.873. The molecule has 3 heteroatoms. The van der Waals surface area contributed by atoms with Crippen LogP contribution in [0.5, 0.6) is 0 Å². The van der Waals surface area contributed by atoms with Crippen LogP contribution >= 0.6 is 0 Å². The van der Waals surface area contributed by atoms with Gasteiger partial charge in [-0.3, -0.25) is 4.79 Å². The van der Waals surface area contributed by atoms with Crippen LogP contribution in [0.1, 0.15) is 57.6 Å². The van der Waals surface area contributed by atoms with E-state index in [4.69, 9.17) is 4.74 Å². The SMILES string of the molecule is C=C1CCC[C@]2(C)C[C@H]3OC(=O)[C@@H](CN[C@@H](C)c4ccccc4)[C@H]3C[C@H]12. The van der Waals surface area contributed by atoms with E-state index in [0.29, 0.717) is 18.4 Å². The highest BCUT2D eigenvalue weighted by molar-refractivity contribution is 5.75. The molecule has 0 amide bonds. The highest BCUT2D eigenvalue weighted by Crippen LogP contribution is 2.56. The Morgan fingerprint density at radius 2 is 2.12 bits per heavy atom. The number of esters is 1. The zero-order valence-electron chi connectivity index (χ0n) is 16.0. The van der Waals surface area contributed by atoms with Gasteiger partial charge in [-0.1, -0.05) is 49.4 Å². The fourth-order valence-corrected chi connectivity index (χ4v) is 5.65. The van der Waals surface area contributed by atoms with Gasteiger partial charge in [0, 0.05) is 18.5 Å². The molecule has 3 nitrogen and oxygen atoms in total. The van der Waals surface area contributed by atoms with Crippen molar-refractivity contribution in [2.24, 2.45) is 23.2 Å². The highest BCUT2D eigenvalue weighted by atomic mass is 16.6. The fraction of sp³-hybridized carbons (Fsp3) is 0.609. The molecule has 3 aliphatic rings. The molecule has 0 spiro atoms. The molecule has 6 atom stereocenters. The number of fused-ring (bicyclic) bond motifs is 2. The fourth-order valence-electron chi connectivity index (χ4n) is 5.65. The average Bonchev–Trinajstić information content (AvgIpc) is 2.92. The average molecular weight is 354 g/mol. The van der Waals surface area contributed by atoms with Crippen molar-refractivity contribution in [2.45, 2.75) is 58.1 Å². The van der Waals surface area contributed by atoms with Gasteiger partial charge in [-0.05, 0) is 55.9 Å². The van der Waals surface area contributed by atoms with Gasteiger partial charge in [-0.15, -0.1) is 0 Å². The number of benzene rings is 1. The van der Waals surface area contributed by atoms with E-state index in [1.165, 1.54) is 24.0 Å². The van der Waals surface area contributed by atoms with E-state index in [1.54, 1.807) is 0 Å². The summed E-state index contributed by atoms with van der Waals surface area (Å²) in [5, 5.41) is 3.57. The standard InChI is InChI=1S/C23H31NO2/c1-15-8-7-11-23(3)13-21-18(12-20(15)23)19(22(25)26-21)14-24-16(2)17-9-5-4-6-10-17/h4-6,9-10,16,18-21,24H,1,7-8,11-14H2,2-3H3/t16-,18+,19-,20+,21+,23+/m0/s1. The highest BCUT2D eigenvalue weighted by Gasteiger charge is 2.54. The van der Waals surface area contributed by atoms with Gasteiger partial charge in [0.05, 0.1) is 5.92 Å². The third-order valence-corrected chi connectivity index (χ3v) is 7.26. The van der Waals surface area contributed by atoms with Gasteiger partial charge in [-0.25, -0.2) is 0 Å². The summed E-state index contributed by atoms with van der Waals surface area (Å²) < 4.78 is 5.86. The summed E-state index contributed by atoms with van der Waals surface area (Å²) in [7, 11) is 0. The van der Waals surface area contributed by atoms with E-state index < -0.39 is 0 Å². The van der Waals surface area contributed by atoms with Crippen LogP contribution in [0.25, 0.3) is 0 Å². The molecule has 0 aromatic heterocycles. The molecule has 4 rings (SSSR count). The number of carbonyl (C=O) groups excluding carboxylic acids is 1. The first-order chi connectivity index (χ1) is 12.5. The van der Waals surface area contributed by atoms with Crippen LogP contribution in [-0.4, -0.2) is 18.6 Å². The third-order valence-electron chi connectivity index (χ3n) is 7.26. The van der Waals surface area contributed by atoms with Crippen molar-refractivity contribution in [1.82, 2.24) is 5.32 Å². The number of hydrogen-bond donors (Lipinski definition) is 1. The Morgan fingerprint density at radius 3 is 2.88 bits per heavy atom. The Bertz CT molecular complexity index is 685. The molecule has 1 saturated heterocycles. The molecule has 1 N–H and O–H groups in total. The van der Waals surface area contributed by atoms with E-state index in [9.17, 15) is 4.79 Å². The maximum atomic E-state index is 12.6. The number of ether oxygens (including phenoxy) is 1. The van der Waals surface area contributed by atoms with Crippen molar-refractivity contribution >= 4 is 5.97 Å². The third kappa shape index (κ3) is 3.11. The maximum absolute atomic E-state index is 12.6. The van der Waals surface area contributed by atoms with E-state index in [1.807, 2.05) is 6.07 Å². The van der Waals surface area contributed by atoms with Crippen LogP contribution in [0.2, 0.25) is 0 Å². The van der Waals surface area contributed by atoms with E-state index in [2.05, 4.69) is 50.0 Å². The predicted octanol–water partition coefficient (Wildman–Crippen LogP) is 4.65. The van der Waals surface area contributed by atoms with Crippen molar-refractivity contribution in [2.75, 3.05) is 6.54 Å². The molecule has 140 valence electrons. The monoisotopic (exact) mass is 353 g/mol. The van der Waals surface area contributed by atoms with Crippen molar-refractivity contribution in [1.29, 1.82) is 0 Å². The second-order valence-electron chi connectivity index (χ2n) is 8.94. The first kappa shape index (κ1) is 17.8. The molecule has 0 unspecified atom stereocenters. The summed E-state index contributed by atoms with van der Waals surface area (Å²) in [6.07, 6.45) is 5.81. The Balaban J connectivity index is 1.45. The van der Waals surface area contributed by atoms with Gasteiger partial charge in [-0.2, -0.15) is 0 Å². The first-order valence-electron chi connectivity index (χ1n) is 10.1. The summed E-state index contributed by atoms with van der Waals surface area (Å²) in [6.45, 7) is 9.62. The number of allylic oxidation sites excluding steroid dienone is 1. The molecule has 1 aromatic carbocycles. The minimum atomic E-state index is -0.0227. The molecule has 2 saturated carbocycles. The maximum Gasteiger partial charge on any atom is 0.310 e. The quantitative estimate of drug-likeness (QED) is 0.632. The lowest BCUT2D eigenvalue weighted by molar-refractivity contribution is -0.146. The van der Waals surface area contributed by atoms with Crippen LogP contribution < -0.4 is 5.32 Å². The van der Waals surface area contributed by atoms with Gasteiger partial charge in [0.1, 0.15) is 6.10 Å². The topological polar surface area (TPSA) is 38.3 Å². The Kier molecular flexibility index (Phi) is 4.68. The summed E-state index contributed by atoms with van der Waals surface area (Å²) in [5.41, 5.74) is 2.93. The van der Waals surface area contributed by atoms with Crippen molar-refractivity contribution in [3.05, 3.63) is 48.0 Å². The Labute approximate surface area is 157 Å². The second-order valence-corrected chi connectivity index (χ2v) is 8.94. The van der Waals surface area contributed by atoms with Gasteiger partial charge < -0.3 is 10.1 Å². The normalized spacial score (nSPS) is 37.6. The van der Waals surface area contributed by atoms with Crippen molar-refractivity contribution < 1.29 is 9.53 Å². The predicted molar refractivity (Wildman–Crippen MR) is 104 cm³/mol. The van der Waals surface area contributed by atoms with Gasteiger partial charge in [0.2, 0.25) is 0 Å². The van der Waals surface area contributed by atoms with E-state index in [0.717, 1.165) is 19.3 Å². The van der Waals surface area contributed by atoms with Crippen LogP contribution in [0, 0.1) is 23.2 Å². The number of rotatable bonds is 4. The minimum absolute atomic E-state index is 0.000575. The largest absolute Gasteiger partial charge is 0.462 e. The number of hydrogen-bond acceptors (Lipinski definition) is 3. The molecule has 2 aliphatic carbocycles. The van der Waals surface area contributed by atoms with Crippen molar-refractivity contribution in [3.63, 3.8) is 0 Å². The molecule has 26 heavy (non-hydrogen) atoms. The molecule has 0 bridgehead atoms. The number of nitrogens with one attached hydrogen (secondary N) is 1. The van der Waals surface area contributed by atoms with Crippen LogP contribution in [0.4, 0.5) is 0 Å². The molecule has 1 aliphatic heterocycles. The molecule has 3 fully saturated rings. The first-order valence-corrected chi connectivity index (χ1v) is 10.1. The Morgan fingerprint density at radius 1 is 1.35 bits per heavy atom. The van der Waals surface area contributed by atoms with Crippen LogP contribution in [0.15, 0.2) is 42.5 Å². The lowest BCUT2D eigenvalue weighted by atomic mass is 9.55. The van der Waals surface area contributed by atoms with Crippen LogP contribution in [-0.2, 0) is 9.53 Å². The van der Waals surface area contributed by atoms with Gasteiger partial charge in [0.15, 0.2) is 0 Å². The number of carbonyl (C=O) groups is 1. The zero-order valence-corrected chi connectivity index (χ0v) is 16.0. The zero-order chi connectivity index (χ0) is 18.3. The smallest absolute Gasteiger partial charge is 0.310 e. The summed E-state index contributed by atoms with van der Waals surface area (Å²) in [4.78, 5) is 12.6. The van der Waals surface area contributed by atoms with Crippen molar-refractivity contribution in [3.8, 4) is 0 Å². The molecular formula is C23H31NO2. The molecule has 1 heterocycles. The molecule has 1 aromatic rings. The molecular weight excluding hydrogens is 322 g/mol. The van der Waals surface area contributed by atoms with Crippen LogP contribution in [0.3, 0.4) is 0 Å². The van der Waals surface area contributed by atoms with Gasteiger partial charge in [0.25, 0.3) is 0 Å². The van der Waals surface area contributed by atoms with E-state index in [-0.39, 0.29) is 29.4 Å². The lowest BCUT2D eigenvalue weighted by Gasteiger charge is -2.50. The second kappa shape index (κ2) is 6.84.